The fourth-order valence-electron chi connectivity index (χ4n) is 2.78. The second-order valence-electron chi connectivity index (χ2n) is 5.53. The lowest BCUT2D eigenvalue weighted by atomic mass is 10.1. The average Bonchev–Trinajstić information content (AvgIpc) is 2.94. The minimum Gasteiger partial charge on any atom is -0.493 e. The summed E-state index contributed by atoms with van der Waals surface area (Å²) in [4.78, 5) is 26.1. The van der Waals surface area contributed by atoms with Crippen LogP contribution >= 0.6 is 11.6 Å². The lowest BCUT2D eigenvalue weighted by Gasteiger charge is -2.14. The summed E-state index contributed by atoms with van der Waals surface area (Å²) >= 11 is 5.96. The molecule has 3 rings (SSSR count). The first-order valence-electron chi connectivity index (χ1n) is 7.91. The van der Waals surface area contributed by atoms with E-state index in [2.05, 4.69) is 5.32 Å². The molecular formula is C19H17ClN2O5. The topological polar surface area (TPSA) is 77.1 Å². The van der Waals surface area contributed by atoms with Crippen molar-refractivity contribution in [1.29, 1.82) is 0 Å². The normalized spacial score (nSPS) is 15.1. The van der Waals surface area contributed by atoms with Crippen molar-refractivity contribution in [2.45, 2.75) is 0 Å². The van der Waals surface area contributed by atoms with E-state index in [0.717, 1.165) is 4.90 Å². The largest absolute Gasteiger partial charge is 0.493 e. The molecule has 0 saturated carbocycles. The fourth-order valence-corrected chi connectivity index (χ4v) is 2.96. The number of hydrogen-bond acceptors (Lipinski definition) is 5. The number of rotatable bonds is 5. The number of benzene rings is 2. The van der Waals surface area contributed by atoms with Crippen molar-refractivity contribution in [1.82, 2.24) is 5.32 Å². The van der Waals surface area contributed by atoms with Crippen molar-refractivity contribution in [2.24, 2.45) is 0 Å². The van der Waals surface area contributed by atoms with Crippen molar-refractivity contribution in [3.63, 3.8) is 0 Å². The third-order valence-corrected chi connectivity index (χ3v) is 4.21. The van der Waals surface area contributed by atoms with E-state index in [1.165, 1.54) is 27.4 Å². The zero-order valence-corrected chi connectivity index (χ0v) is 15.7. The Bertz CT molecular complexity index is 942. The molecule has 1 saturated heterocycles. The summed E-state index contributed by atoms with van der Waals surface area (Å²) in [5, 5.41) is 2.99. The summed E-state index contributed by atoms with van der Waals surface area (Å²) in [6.45, 7) is 0. The quantitative estimate of drug-likeness (QED) is 0.627. The van der Waals surface area contributed by atoms with E-state index in [-0.39, 0.29) is 5.70 Å². The van der Waals surface area contributed by atoms with Gasteiger partial charge in [0, 0.05) is 10.6 Å². The van der Waals surface area contributed by atoms with Crippen LogP contribution in [-0.2, 0) is 4.79 Å². The molecule has 0 aromatic heterocycles. The Morgan fingerprint density at radius 3 is 2.37 bits per heavy atom. The van der Waals surface area contributed by atoms with Crippen LogP contribution in [0.15, 0.2) is 42.1 Å². The Hall–Kier alpha value is -3.19. The zero-order chi connectivity index (χ0) is 19.6. The first-order chi connectivity index (χ1) is 13.0. The van der Waals surface area contributed by atoms with Crippen LogP contribution in [0.4, 0.5) is 10.5 Å². The summed E-state index contributed by atoms with van der Waals surface area (Å²) in [6.07, 6.45) is 1.52. The van der Waals surface area contributed by atoms with E-state index in [9.17, 15) is 9.59 Å². The first kappa shape index (κ1) is 18.6. The van der Waals surface area contributed by atoms with Gasteiger partial charge in [0.25, 0.3) is 5.91 Å². The highest BCUT2D eigenvalue weighted by Crippen LogP contribution is 2.40. The van der Waals surface area contributed by atoms with Gasteiger partial charge in [0.05, 0.1) is 27.0 Å². The number of methoxy groups -OCH3 is 3. The van der Waals surface area contributed by atoms with Gasteiger partial charge in [-0.25, -0.2) is 9.69 Å². The number of nitrogens with zero attached hydrogens (tertiary/aromatic N) is 1. The predicted octanol–water partition coefficient (Wildman–Crippen LogP) is 3.46. The number of urea groups is 1. The molecule has 0 unspecified atom stereocenters. The molecule has 0 spiro atoms. The molecule has 140 valence electrons. The smallest absolute Gasteiger partial charge is 0.333 e. The van der Waals surface area contributed by atoms with Crippen LogP contribution in [0.5, 0.6) is 17.2 Å². The van der Waals surface area contributed by atoms with Crippen molar-refractivity contribution in [3.05, 3.63) is 52.7 Å². The van der Waals surface area contributed by atoms with Gasteiger partial charge < -0.3 is 19.5 Å². The Labute approximate surface area is 161 Å². The van der Waals surface area contributed by atoms with Crippen LogP contribution in [-0.4, -0.2) is 33.3 Å². The number of imide groups is 1. The van der Waals surface area contributed by atoms with Gasteiger partial charge in [0.2, 0.25) is 5.75 Å². The van der Waals surface area contributed by atoms with Gasteiger partial charge in [-0.05, 0) is 36.4 Å². The molecule has 1 heterocycles. The van der Waals surface area contributed by atoms with E-state index in [1.807, 2.05) is 0 Å². The Morgan fingerprint density at radius 1 is 1.00 bits per heavy atom. The Kier molecular flexibility index (Phi) is 5.23. The Morgan fingerprint density at radius 2 is 1.74 bits per heavy atom. The molecule has 0 atom stereocenters. The second kappa shape index (κ2) is 7.59. The van der Waals surface area contributed by atoms with Crippen LogP contribution in [0.3, 0.4) is 0 Å². The monoisotopic (exact) mass is 388 g/mol. The van der Waals surface area contributed by atoms with Gasteiger partial charge in [0.15, 0.2) is 11.5 Å². The van der Waals surface area contributed by atoms with Crippen LogP contribution in [0.2, 0.25) is 5.02 Å². The third-order valence-electron chi connectivity index (χ3n) is 3.98. The number of halogens is 1. The van der Waals surface area contributed by atoms with Gasteiger partial charge >= 0.3 is 6.03 Å². The van der Waals surface area contributed by atoms with Gasteiger partial charge in [0.1, 0.15) is 5.70 Å². The maximum Gasteiger partial charge on any atom is 0.333 e. The lowest BCUT2D eigenvalue weighted by Crippen LogP contribution is -2.30. The standard InChI is InChI=1S/C19H17ClN2O5/c1-25-15-8-7-11(16(26-2)17(15)27-3)9-14-18(23)22(19(24)21-14)13-6-4-5-12(20)10-13/h4-10H,1-3H3,(H,21,24)/b14-9+. The molecule has 3 amide bonds. The molecule has 0 bridgehead atoms. The first-order valence-corrected chi connectivity index (χ1v) is 8.29. The molecule has 27 heavy (non-hydrogen) atoms. The highest BCUT2D eigenvalue weighted by Gasteiger charge is 2.35. The van der Waals surface area contributed by atoms with Gasteiger partial charge in [-0.3, -0.25) is 4.79 Å². The molecule has 2 aromatic rings. The van der Waals surface area contributed by atoms with E-state index in [1.54, 1.807) is 36.4 Å². The molecule has 1 N–H and O–H groups in total. The summed E-state index contributed by atoms with van der Waals surface area (Å²) < 4.78 is 16.0. The van der Waals surface area contributed by atoms with Gasteiger partial charge in [-0.2, -0.15) is 0 Å². The molecule has 2 aromatic carbocycles. The molecule has 8 heteroatoms. The number of anilines is 1. The van der Waals surface area contributed by atoms with Gasteiger partial charge in [-0.15, -0.1) is 0 Å². The maximum atomic E-state index is 12.7. The lowest BCUT2D eigenvalue weighted by molar-refractivity contribution is -0.113. The van der Waals surface area contributed by atoms with Crippen molar-refractivity contribution >= 4 is 35.3 Å². The van der Waals surface area contributed by atoms with Crippen molar-refractivity contribution in [2.75, 3.05) is 26.2 Å². The zero-order valence-electron chi connectivity index (χ0n) is 14.9. The number of ether oxygens (including phenoxy) is 3. The van der Waals surface area contributed by atoms with E-state index in [4.69, 9.17) is 25.8 Å². The molecule has 1 fully saturated rings. The number of nitrogens with one attached hydrogen (secondary N) is 1. The highest BCUT2D eigenvalue weighted by molar-refractivity contribution is 6.32. The summed E-state index contributed by atoms with van der Waals surface area (Å²) in [5.74, 6) is 0.753. The van der Waals surface area contributed by atoms with Crippen LogP contribution in [0.1, 0.15) is 5.56 Å². The maximum absolute atomic E-state index is 12.7. The minimum absolute atomic E-state index is 0.102. The van der Waals surface area contributed by atoms with E-state index in [0.29, 0.717) is 33.5 Å². The highest BCUT2D eigenvalue weighted by atomic mass is 35.5. The fraction of sp³-hybridized carbons (Fsp3) is 0.158. The Balaban J connectivity index is 2.01. The van der Waals surface area contributed by atoms with Crippen LogP contribution < -0.4 is 24.4 Å². The molecule has 0 aliphatic carbocycles. The average molecular weight is 389 g/mol. The van der Waals surface area contributed by atoms with Crippen molar-refractivity contribution in [3.8, 4) is 17.2 Å². The summed E-state index contributed by atoms with van der Waals surface area (Å²) in [5.41, 5.74) is 1.03. The summed E-state index contributed by atoms with van der Waals surface area (Å²) in [7, 11) is 4.48. The third kappa shape index (κ3) is 3.41. The SMILES string of the molecule is COc1ccc(/C=C2/NC(=O)N(c3cccc(Cl)c3)C2=O)c(OC)c1OC. The second-order valence-corrected chi connectivity index (χ2v) is 5.97. The van der Waals surface area contributed by atoms with Crippen molar-refractivity contribution < 1.29 is 23.8 Å². The molecule has 0 radical (unpaired) electrons. The molecule has 1 aliphatic rings. The van der Waals surface area contributed by atoms with E-state index >= 15 is 0 Å². The van der Waals surface area contributed by atoms with Gasteiger partial charge in [-0.1, -0.05) is 17.7 Å². The summed E-state index contributed by atoms with van der Waals surface area (Å²) in [6, 6.07) is 9.32. The van der Waals surface area contributed by atoms with Crippen LogP contribution in [0.25, 0.3) is 6.08 Å². The predicted molar refractivity (Wildman–Crippen MR) is 102 cm³/mol. The molecule has 1 aliphatic heterocycles. The number of amides is 3. The number of carbonyl (C=O) groups is 2. The minimum atomic E-state index is -0.562. The van der Waals surface area contributed by atoms with E-state index < -0.39 is 11.9 Å². The van der Waals surface area contributed by atoms with Crippen LogP contribution in [0, 0.1) is 0 Å². The molecule has 7 nitrogen and oxygen atoms in total. The number of hydrogen-bond donors (Lipinski definition) is 1. The number of carbonyl (C=O) groups excluding carboxylic acids is 2. The molecular weight excluding hydrogens is 372 g/mol.